The molecule has 0 aliphatic rings. The van der Waals surface area contributed by atoms with Crippen LogP contribution in [0.15, 0.2) is 51.7 Å². The highest BCUT2D eigenvalue weighted by Gasteiger charge is 2.13. The molecule has 0 saturated heterocycles. The quantitative estimate of drug-likeness (QED) is 0.608. The van der Waals surface area contributed by atoms with E-state index in [1.165, 1.54) is 17.7 Å². The van der Waals surface area contributed by atoms with Gasteiger partial charge in [0.15, 0.2) is 12.2 Å². The van der Waals surface area contributed by atoms with E-state index in [-0.39, 0.29) is 13.0 Å². The van der Waals surface area contributed by atoms with Crippen molar-refractivity contribution in [3.8, 4) is 5.75 Å². The van der Waals surface area contributed by atoms with Gasteiger partial charge < -0.3 is 19.2 Å². The van der Waals surface area contributed by atoms with Crippen molar-refractivity contribution < 1.29 is 23.5 Å². The summed E-state index contributed by atoms with van der Waals surface area (Å²) in [5, 5.41) is 2.99. The number of hydrogen-bond acceptors (Lipinski definition) is 6. The van der Waals surface area contributed by atoms with Crippen LogP contribution >= 0.6 is 11.6 Å². The Morgan fingerprint density at radius 3 is 2.79 bits per heavy atom. The molecule has 1 heterocycles. The van der Waals surface area contributed by atoms with Crippen molar-refractivity contribution in [1.82, 2.24) is 4.57 Å². The normalized spacial score (nSPS) is 10.6. The summed E-state index contributed by atoms with van der Waals surface area (Å²) in [6, 6.07) is 11.7. The lowest BCUT2D eigenvalue weighted by Crippen LogP contribution is -2.23. The fourth-order valence-electron chi connectivity index (χ4n) is 2.61. The largest absolute Gasteiger partial charge is 0.495 e. The Labute approximate surface area is 164 Å². The number of anilines is 1. The van der Waals surface area contributed by atoms with Crippen molar-refractivity contribution >= 4 is 40.3 Å². The number of oxazole rings is 1. The van der Waals surface area contributed by atoms with Crippen molar-refractivity contribution in [2.75, 3.05) is 19.0 Å². The molecule has 8 nitrogen and oxygen atoms in total. The summed E-state index contributed by atoms with van der Waals surface area (Å²) in [4.78, 5) is 35.8. The molecular weight excluding hydrogens is 388 g/mol. The predicted molar refractivity (Wildman–Crippen MR) is 103 cm³/mol. The Kier molecular flexibility index (Phi) is 6.00. The number of amides is 1. The molecule has 0 aliphatic carbocycles. The van der Waals surface area contributed by atoms with Gasteiger partial charge in [0.25, 0.3) is 5.91 Å². The molecule has 3 aromatic rings. The van der Waals surface area contributed by atoms with Crippen molar-refractivity contribution in [3.63, 3.8) is 0 Å². The summed E-state index contributed by atoms with van der Waals surface area (Å²) in [5.41, 5.74) is 1.40. The Morgan fingerprint density at radius 1 is 1.21 bits per heavy atom. The summed E-state index contributed by atoms with van der Waals surface area (Å²) in [6.45, 7) is -0.395. The van der Waals surface area contributed by atoms with E-state index in [1.54, 1.807) is 36.4 Å². The number of ether oxygens (including phenoxy) is 2. The van der Waals surface area contributed by atoms with Crippen LogP contribution in [0.1, 0.15) is 6.42 Å². The van der Waals surface area contributed by atoms with E-state index in [0.29, 0.717) is 27.6 Å². The first-order valence-electron chi connectivity index (χ1n) is 8.35. The lowest BCUT2D eigenvalue weighted by molar-refractivity contribution is -0.147. The maximum Gasteiger partial charge on any atom is 0.419 e. The third-order valence-corrected chi connectivity index (χ3v) is 4.15. The number of fused-ring (bicyclic) bond motifs is 1. The lowest BCUT2D eigenvalue weighted by atomic mass is 10.3. The van der Waals surface area contributed by atoms with Gasteiger partial charge >= 0.3 is 11.7 Å². The third-order valence-electron chi connectivity index (χ3n) is 3.91. The molecule has 0 atom stereocenters. The Morgan fingerprint density at radius 2 is 2.00 bits per heavy atom. The van der Waals surface area contributed by atoms with Crippen LogP contribution in [0.25, 0.3) is 11.1 Å². The van der Waals surface area contributed by atoms with Crippen molar-refractivity contribution in [2.45, 2.75) is 13.0 Å². The van der Waals surface area contributed by atoms with Crippen LogP contribution < -0.4 is 15.8 Å². The Balaban J connectivity index is 1.53. The minimum atomic E-state index is -0.620. The van der Waals surface area contributed by atoms with Crippen molar-refractivity contribution in [3.05, 3.63) is 58.0 Å². The number of nitrogens with zero attached hydrogens (tertiary/aromatic N) is 1. The van der Waals surface area contributed by atoms with Gasteiger partial charge in [0, 0.05) is 11.6 Å². The van der Waals surface area contributed by atoms with Gasteiger partial charge in [-0.3, -0.25) is 14.2 Å². The van der Waals surface area contributed by atoms with Gasteiger partial charge in [0.2, 0.25) is 0 Å². The molecule has 0 radical (unpaired) electrons. The number of halogens is 1. The monoisotopic (exact) mass is 404 g/mol. The number of aromatic nitrogens is 1. The second-order valence-corrected chi connectivity index (χ2v) is 6.23. The minimum absolute atomic E-state index is 0.0818. The highest BCUT2D eigenvalue weighted by molar-refractivity contribution is 6.31. The van der Waals surface area contributed by atoms with Gasteiger partial charge in [-0.15, -0.1) is 0 Å². The molecule has 1 N–H and O–H groups in total. The smallest absolute Gasteiger partial charge is 0.419 e. The molecule has 2 aromatic carbocycles. The van der Waals surface area contributed by atoms with Crippen LogP contribution in [0.2, 0.25) is 5.02 Å². The number of aryl methyl sites for hydroxylation is 1. The molecule has 0 fully saturated rings. The summed E-state index contributed by atoms with van der Waals surface area (Å²) in [6.07, 6.45) is -0.0861. The number of benzene rings is 2. The van der Waals surface area contributed by atoms with Crippen LogP contribution in [0.3, 0.4) is 0 Å². The molecule has 0 aliphatic heterocycles. The maximum absolute atomic E-state index is 12.0. The molecule has 3 rings (SSSR count). The Bertz CT molecular complexity index is 1070. The first kappa shape index (κ1) is 19.5. The van der Waals surface area contributed by atoms with Crippen LogP contribution in [0, 0.1) is 0 Å². The number of para-hydroxylation sites is 2. The van der Waals surface area contributed by atoms with Crippen LogP contribution in [0.5, 0.6) is 5.75 Å². The molecule has 0 spiro atoms. The fraction of sp³-hybridized carbons (Fsp3) is 0.211. The molecule has 0 bridgehead atoms. The maximum atomic E-state index is 12.0. The number of carbonyl (C=O) groups is 2. The highest BCUT2D eigenvalue weighted by Crippen LogP contribution is 2.27. The molecule has 0 saturated carbocycles. The van der Waals surface area contributed by atoms with Gasteiger partial charge in [-0.05, 0) is 30.3 Å². The first-order chi connectivity index (χ1) is 13.5. The number of hydrogen-bond donors (Lipinski definition) is 1. The minimum Gasteiger partial charge on any atom is -0.495 e. The van der Waals surface area contributed by atoms with E-state index < -0.39 is 24.2 Å². The van der Waals surface area contributed by atoms with Crippen LogP contribution in [-0.4, -0.2) is 30.2 Å². The number of nitrogens with one attached hydrogen (secondary N) is 1. The first-order valence-corrected chi connectivity index (χ1v) is 8.73. The van der Waals surface area contributed by atoms with Gasteiger partial charge in [-0.1, -0.05) is 23.7 Å². The molecule has 28 heavy (non-hydrogen) atoms. The van der Waals surface area contributed by atoms with Gasteiger partial charge in [0.05, 0.1) is 24.7 Å². The molecule has 0 unspecified atom stereocenters. The van der Waals surface area contributed by atoms with Crippen LogP contribution in [-0.2, 0) is 20.9 Å². The van der Waals surface area contributed by atoms with E-state index >= 15 is 0 Å². The Hall–Kier alpha value is -3.26. The zero-order valence-corrected chi connectivity index (χ0v) is 15.7. The number of esters is 1. The molecule has 146 valence electrons. The average molecular weight is 405 g/mol. The highest BCUT2D eigenvalue weighted by atomic mass is 35.5. The number of carbonyl (C=O) groups excluding carboxylic acids is 2. The fourth-order valence-corrected chi connectivity index (χ4v) is 2.78. The van der Waals surface area contributed by atoms with Gasteiger partial charge in [-0.2, -0.15) is 0 Å². The number of rotatable bonds is 7. The molecule has 1 aromatic heterocycles. The van der Waals surface area contributed by atoms with Gasteiger partial charge in [0.1, 0.15) is 5.75 Å². The summed E-state index contributed by atoms with van der Waals surface area (Å²) < 4.78 is 16.5. The lowest BCUT2D eigenvalue weighted by Gasteiger charge is -2.11. The van der Waals surface area contributed by atoms with Crippen LogP contribution in [0.4, 0.5) is 5.69 Å². The molecule has 1 amide bonds. The topological polar surface area (TPSA) is 99.8 Å². The molecule has 9 heteroatoms. The predicted octanol–water partition coefficient (Wildman–Crippen LogP) is 2.83. The standard InChI is InChI=1S/C19H17ClN2O6/c1-26-15-7-6-12(20)10-13(15)21-17(23)11-27-18(24)8-9-22-14-4-2-3-5-16(14)28-19(22)25/h2-7,10H,8-9,11H2,1H3,(H,21,23). The summed E-state index contributed by atoms with van der Waals surface area (Å²) >= 11 is 5.90. The molecular formula is C19H17ClN2O6. The van der Waals surface area contributed by atoms with E-state index in [2.05, 4.69) is 5.32 Å². The summed E-state index contributed by atoms with van der Waals surface area (Å²) in [5.74, 6) is -1.29. The zero-order chi connectivity index (χ0) is 20.1. The second-order valence-electron chi connectivity index (χ2n) is 5.79. The SMILES string of the molecule is COc1ccc(Cl)cc1NC(=O)COC(=O)CCn1c(=O)oc2ccccc21. The van der Waals surface area contributed by atoms with E-state index in [9.17, 15) is 14.4 Å². The number of methoxy groups -OCH3 is 1. The zero-order valence-electron chi connectivity index (χ0n) is 14.9. The van der Waals surface area contributed by atoms with Crippen molar-refractivity contribution in [2.24, 2.45) is 0 Å². The average Bonchev–Trinajstić information content (AvgIpc) is 3.00. The van der Waals surface area contributed by atoms with E-state index in [4.69, 9.17) is 25.5 Å². The van der Waals surface area contributed by atoms with E-state index in [0.717, 1.165) is 0 Å². The van der Waals surface area contributed by atoms with E-state index in [1.807, 2.05) is 0 Å². The third kappa shape index (κ3) is 4.52. The second kappa shape index (κ2) is 8.62. The summed E-state index contributed by atoms with van der Waals surface area (Å²) in [7, 11) is 1.46. The van der Waals surface area contributed by atoms with Gasteiger partial charge in [-0.25, -0.2) is 4.79 Å². The van der Waals surface area contributed by atoms with Crippen molar-refractivity contribution in [1.29, 1.82) is 0 Å².